The summed E-state index contributed by atoms with van der Waals surface area (Å²) in [6, 6.07) is 9.37. The van der Waals surface area contributed by atoms with Gasteiger partial charge in [-0.2, -0.15) is 0 Å². The van der Waals surface area contributed by atoms with Gasteiger partial charge < -0.3 is 29.2 Å². The Morgan fingerprint density at radius 2 is 2.03 bits per heavy atom. The zero-order valence-corrected chi connectivity index (χ0v) is 19.0. The average Bonchev–Trinajstić information content (AvgIpc) is 2.92. The molecule has 3 rings (SSSR count). The molecule has 6 atom stereocenters. The number of carbonyl (C=O) groups is 1. The van der Waals surface area contributed by atoms with Crippen molar-refractivity contribution in [3.8, 4) is 5.75 Å². The van der Waals surface area contributed by atoms with Crippen molar-refractivity contribution in [2.24, 2.45) is 17.8 Å². The first-order chi connectivity index (χ1) is 15.4. The zero-order valence-electron chi connectivity index (χ0n) is 19.0. The lowest BCUT2D eigenvalue weighted by molar-refractivity contribution is -0.153. The first-order valence-electron chi connectivity index (χ1n) is 11.5. The number of aliphatic hydroxyl groups is 2. The lowest BCUT2D eigenvalue weighted by Crippen LogP contribution is -2.22. The van der Waals surface area contributed by atoms with Gasteiger partial charge in [-0.15, -0.1) is 0 Å². The summed E-state index contributed by atoms with van der Waals surface area (Å²) >= 11 is 0. The number of aliphatic hydroxyl groups excluding tert-OH is 2. The van der Waals surface area contributed by atoms with Gasteiger partial charge in [-0.05, 0) is 44.7 Å². The van der Waals surface area contributed by atoms with E-state index in [4.69, 9.17) is 18.9 Å². The maximum atomic E-state index is 11.6. The molecular weight excluding hydrogens is 412 g/mol. The van der Waals surface area contributed by atoms with E-state index in [1.54, 1.807) is 6.08 Å². The van der Waals surface area contributed by atoms with Crippen LogP contribution in [0.1, 0.15) is 33.1 Å². The summed E-state index contributed by atoms with van der Waals surface area (Å²) in [5.41, 5.74) is 0. The molecule has 2 aliphatic rings. The van der Waals surface area contributed by atoms with Crippen LogP contribution in [0.5, 0.6) is 5.75 Å². The van der Waals surface area contributed by atoms with Crippen molar-refractivity contribution in [3.05, 3.63) is 42.5 Å². The molecule has 1 aliphatic carbocycles. The van der Waals surface area contributed by atoms with Gasteiger partial charge in [0.05, 0.1) is 31.5 Å². The molecule has 1 saturated heterocycles. The fourth-order valence-electron chi connectivity index (χ4n) is 4.46. The Kier molecular flexibility index (Phi) is 9.53. The molecule has 1 heterocycles. The van der Waals surface area contributed by atoms with E-state index >= 15 is 0 Å². The molecule has 7 nitrogen and oxygen atoms in total. The molecule has 2 fully saturated rings. The third kappa shape index (κ3) is 7.59. The maximum absolute atomic E-state index is 11.6. The van der Waals surface area contributed by atoms with E-state index < -0.39 is 12.2 Å². The summed E-state index contributed by atoms with van der Waals surface area (Å²) in [6.07, 6.45) is 4.63. The van der Waals surface area contributed by atoms with Crippen molar-refractivity contribution < 1.29 is 34.0 Å². The van der Waals surface area contributed by atoms with Gasteiger partial charge >= 0.3 is 5.97 Å². The van der Waals surface area contributed by atoms with Crippen molar-refractivity contribution in [1.82, 2.24) is 0 Å². The highest BCUT2D eigenvalue weighted by molar-refractivity contribution is 5.70. The molecule has 1 aliphatic heterocycles. The Morgan fingerprint density at radius 3 is 2.78 bits per heavy atom. The lowest BCUT2D eigenvalue weighted by Gasteiger charge is -2.21. The van der Waals surface area contributed by atoms with Crippen LogP contribution in [-0.2, 0) is 19.0 Å². The van der Waals surface area contributed by atoms with Crippen molar-refractivity contribution in [2.75, 3.05) is 26.4 Å². The maximum Gasteiger partial charge on any atom is 0.332 e. The third-order valence-electron chi connectivity index (χ3n) is 6.00. The minimum Gasteiger partial charge on any atom is -0.491 e. The average molecular weight is 449 g/mol. The number of rotatable bonds is 10. The summed E-state index contributed by atoms with van der Waals surface area (Å²) in [5, 5.41) is 20.8. The van der Waals surface area contributed by atoms with E-state index in [2.05, 4.69) is 0 Å². The van der Waals surface area contributed by atoms with Crippen LogP contribution in [0, 0.1) is 17.8 Å². The Hall–Kier alpha value is -1.93. The zero-order chi connectivity index (χ0) is 22.9. The minimum atomic E-state index is -0.750. The first-order valence-corrected chi connectivity index (χ1v) is 11.5. The predicted octanol–water partition coefficient (Wildman–Crippen LogP) is 2.74. The van der Waals surface area contributed by atoms with Crippen LogP contribution in [0.15, 0.2) is 42.5 Å². The van der Waals surface area contributed by atoms with Crippen LogP contribution in [0.4, 0.5) is 0 Å². The van der Waals surface area contributed by atoms with Gasteiger partial charge in [0.1, 0.15) is 25.1 Å². The van der Waals surface area contributed by atoms with Gasteiger partial charge in [0.25, 0.3) is 0 Å². The van der Waals surface area contributed by atoms with Crippen LogP contribution >= 0.6 is 0 Å². The molecule has 2 N–H and O–H groups in total. The highest BCUT2D eigenvalue weighted by Crippen LogP contribution is 2.41. The van der Waals surface area contributed by atoms with Gasteiger partial charge in [-0.25, -0.2) is 4.79 Å². The number of carbonyl (C=O) groups excluding carboxylic acids is 1. The SMILES string of the molecule is CC(C)OC(=O)COC[C@H]1CC[C@@H]2[C@@H](/C=C/[C@@H](O)COc3ccccc3)[C@H](O)C[C@@H]2OC1. The van der Waals surface area contributed by atoms with E-state index in [9.17, 15) is 15.0 Å². The minimum absolute atomic E-state index is 0.00623. The fraction of sp³-hybridized carbons (Fsp3) is 0.640. The predicted molar refractivity (Wildman–Crippen MR) is 119 cm³/mol. The molecule has 1 aromatic carbocycles. The molecule has 1 aromatic rings. The Labute approximate surface area is 190 Å². The van der Waals surface area contributed by atoms with Gasteiger partial charge in [0, 0.05) is 18.3 Å². The number of para-hydroxylation sites is 1. The molecule has 0 amide bonds. The second-order valence-electron chi connectivity index (χ2n) is 8.99. The topological polar surface area (TPSA) is 94.5 Å². The number of benzene rings is 1. The largest absolute Gasteiger partial charge is 0.491 e. The molecule has 0 unspecified atom stereocenters. The molecule has 0 radical (unpaired) electrons. The Bertz CT molecular complexity index is 720. The third-order valence-corrected chi connectivity index (χ3v) is 6.00. The van der Waals surface area contributed by atoms with E-state index in [0.717, 1.165) is 12.8 Å². The smallest absolute Gasteiger partial charge is 0.332 e. The van der Waals surface area contributed by atoms with Crippen LogP contribution in [-0.4, -0.2) is 67.0 Å². The molecule has 7 heteroatoms. The van der Waals surface area contributed by atoms with Crippen molar-refractivity contribution in [1.29, 1.82) is 0 Å². The highest BCUT2D eigenvalue weighted by Gasteiger charge is 2.43. The van der Waals surface area contributed by atoms with Crippen LogP contribution < -0.4 is 4.74 Å². The molecular formula is C25H36O7. The van der Waals surface area contributed by atoms with Crippen LogP contribution in [0.3, 0.4) is 0 Å². The summed E-state index contributed by atoms with van der Waals surface area (Å²) in [7, 11) is 0. The molecule has 1 saturated carbocycles. The molecule has 0 spiro atoms. The monoisotopic (exact) mass is 448 g/mol. The Balaban J connectivity index is 1.44. The van der Waals surface area contributed by atoms with E-state index in [1.807, 2.05) is 50.3 Å². The number of hydrogen-bond donors (Lipinski definition) is 2. The molecule has 0 aromatic heterocycles. The van der Waals surface area contributed by atoms with Gasteiger partial charge in [0.15, 0.2) is 0 Å². The number of esters is 1. The lowest BCUT2D eigenvalue weighted by atomic mass is 9.87. The number of fused-ring (bicyclic) bond motifs is 1. The summed E-state index contributed by atoms with van der Waals surface area (Å²) < 4.78 is 22.3. The second-order valence-corrected chi connectivity index (χ2v) is 8.99. The van der Waals surface area contributed by atoms with Gasteiger partial charge in [0.2, 0.25) is 0 Å². The van der Waals surface area contributed by atoms with E-state index in [0.29, 0.717) is 25.4 Å². The summed E-state index contributed by atoms with van der Waals surface area (Å²) in [6.45, 7) is 4.73. The quantitative estimate of drug-likeness (QED) is 0.420. The second kappa shape index (κ2) is 12.3. The van der Waals surface area contributed by atoms with Crippen LogP contribution in [0.25, 0.3) is 0 Å². The molecule has 32 heavy (non-hydrogen) atoms. The van der Waals surface area contributed by atoms with Crippen molar-refractivity contribution >= 4 is 5.97 Å². The molecule has 0 bridgehead atoms. The fourth-order valence-corrected chi connectivity index (χ4v) is 4.46. The highest BCUT2D eigenvalue weighted by atomic mass is 16.6. The summed E-state index contributed by atoms with van der Waals surface area (Å²) in [4.78, 5) is 11.6. The molecule has 178 valence electrons. The normalized spacial score (nSPS) is 29.0. The van der Waals surface area contributed by atoms with Gasteiger partial charge in [-0.3, -0.25) is 0 Å². The van der Waals surface area contributed by atoms with E-state index in [-0.39, 0.29) is 49.1 Å². The number of hydrogen-bond acceptors (Lipinski definition) is 7. The standard InChI is InChI=1S/C25H36O7/c1-17(2)32-25(28)16-29-13-18-8-10-22-21(23(27)12-24(22)31-14-18)11-9-19(26)15-30-20-6-4-3-5-7-20/h3-7,9,11,17-19,21-24,26-27H,8,10,12-16H2,1-2H3/b11-9+/t18-,19-,21-,22-,23-,24+/m1/s1. The number of ether oxygens (including phenoxy) is 4. The first kappa shape index (κ1) is 24.7. The van der Waals surface area contributed by atoms with Crippen molar-refractivity contribution in [2.45, 2.75) is 57.5 Å². The van der Waals surface area contributed by atoms with Crippen molar-refractivity contribution in [3.63, 3.8) is 0 Å². The van der Waals surface area contributed by atoms with E-state index in [1.165, 1.54) is 0 Å². The van der Waals surface area contributed by atoms with Gasteiger partial charge in [-0.1, -0.05) is 30.4 Å². The van der Waals surface area contributed by atoms with Crippen LogP contribution in [0.2, 0.25) is 0 Å². The Morgan fingerprint density at radius 1 is 1.25 bits per heavy atom. The summed E-state index contributed by atoms with van der Waals surface area (Å²) in [5.74, 6) is 0.698.